The van der Waals surface area contributed by atoms with Gasteiger partial charge in [0.1, 0.15) is 11.9 Å². The van der Waals surface area contributed by atoms with Crippen LogP contribution in [0.3, 0.4) is 0 Å². The fraction of sp³-hybridized carbons (Fsp3) is 0.350. The SMILES string of the molecule is Cc1ccc(OC2CCN(C(=O)c3ccc4c(c3)OCO4)CC2)cc1. The molecule has 0 aromatic heterocycles. The molecule has 0 unspecified atom stereocenters. The zero-order chi connectivity index (χ0) is 17.2. The molecule has 1 saturated heterocycles. The van der Waals surface area contributed by atoms with E-state index in [1.54, 1.807) is 18.2 Å². The van der Waals surface area contributed by atoms with Crippen molar-refractivity contribution >= 4 is 5.91 Å². The number of carbonyl (C=O) groups excluding carboxylic acids is 1. The van der Waals surface area contributed by atoms with Crippen LogP contribution in [0.5, 0.6) is 17.2 Å². The van der Waals surface area contributed by atoms with E-state index in [9.17, 15) is 4.79 Å². The van der Waals surface area contributed by atoms with Gasteiger partial charge in [0.2, 0.25) is 6.79 Å². The van der Waals surface area contributed by atoms with E-state index in [0.29, 0.717) is 30.2 Å². The van der Waals surface area contributed by atoms with Crippen LogP contribution in [0.2, 0.25) is 0 Å². The molecular formula is C20H21NO4. The van der Waals surface area contributed by atoms with Gasteiger partial charge < -0.3 is 19.1 Å². The first-order valence-corrected chi connectivity index (χ1v) is 8.61. The first kappa shape index (κ1) is 15.8. The van der Waals surface area contributed by atoms with Gasteiger partial charge in [0, 0.05) is 31.5 Å². The van der Waals surface area contributed by atoms with Crippen LogP contribution in [0.25, 0.3) is 0 Å². The molecule has 1 fully saturated rings. The standard InChI is InChI=1S/C20H21NO4/c1-14-2-5-16(6-3-14)25-17-8-10-21(11-9-17)20(22)15-4-7-18-19(12-15)24-13-23-18/h2-7,12,17H,8-11,13H2,1H3. The minimum atomic E-state index is 0.0343. The number of rotatable bonds is 3. The minimum Gasteiger partial charge on any atom is -0.490 e. The summed E-state index contributed by atoms with van der Waals surface area (Å²) in [6, 6.07) is 13.5. The number of hydrogen-bond donors (Lipinski definition) is 0. The number of piperidine rings is 1. The van der Waals surface area contributed by atoms with Gasteiger partial charge in [0.25, 0.3) is 5.91 Å². The van der Waals surface area contributed by atoms with Gasteiger partial charge in [-0.1, -0.05) is 17.7 Å². The van der Waals surface area contributed by atoms with Crippen molar-refractivity contribution in [3.05, 3.63) is 53.6 Å². The summed E-state index contributed by atoms with van der Waals surface area (Å²) in [5, 5.41) is 0. The molecular weight excluding hydrogens is 318 g/mol. The summed E-state index contributed by atoms with van der Waals surface area (Å²) in [5.41, 5.74) is 1.86. The van der Waals surface area contributed by atoms with Crippen LogP contribution in [0.15, 0.2) is 42.5 Å². The number of aryl methyl sites for hydroxylation is 1. The second kappa shape index (κ2) is 6.67. The maximum Gasteiger partial charge on any atom is 0.253 e. The molecule has 2 aliphatic rings. The number of nitrogens with zero attached hydrogens (tertiary/aromatic N) is 1. The van der Waals surface area contributed by atoms with E-state index in [4.69, 9.17) is 14.2 Å². The van der Waals surface area contributed by atoms with E-state index in [0.717, 1.165) is 18.6 Å². The van der Waals surface area contributed by atoms with Gasteiger partial charge in [-0.05, 0) is 37.3 Å². The van der Waals surface area contributed by atoms with Crippen molar-refractivity contribution < 1.29 is 19.0 Å². The molecule has 4 rings (SSSR count). The number of ether oxygens (including phenoxy) is 3. The molecule has 0 N–H and O–H groups in total. The highest BCUT2D eigenvalue weighted by molar-refractivity contribution is 5.95. The Hall–Kier alpha value is -2.69. The molecule has 0 atom stereocenters. The molecule has 5 nitrogen and oxygen atoms in total. The summed E-state index contributed by atoms with van der Waals surface area (Å²) in [4.78, 5) is 14.6. The Morgan fingerprint density at radius 3 is 2.52 bits per heavy atom. The Bertz CT molecular complexity index is 764. The Morgan fingerprint density at radius 2 is 1.76 bits per heavy atom. The normalized spacial score (nSPS) is 16.8. The van der Waals surface area contributed by atoms with Gasteiger partial charge >= 0.3 is 0 Å². The molecule has 2 aliphatic heterocycles. The van der Waals surface area contributed by atoms with Gasteiger partial charge in [-0.3, -0.25) is 4.79 Å². The predicted molar refractivity (Wildman–Crippen MR) is 93.3 cm³/mol. The molecule has 1 amide bonds. The molecule has 25 heavy (non-hydrogen) atoms. The average Bonchev–Trinajstić information content (AvgIpc) is 3.11. The zero-order valence-electron chi connectivity index (χ0n) is 14.2. The van der Waals surface area contributed by atoms with Crippen LogP contribution in [0.1, 0.15) is 28.8 Å². The lowest BCUT2D eigenvalue weighted by molar-refractivity contribution is 0.0595. The van der Waals surface area contributed by atoms with Crippen LogP contribution in [-0.2, 0) is 0 Å². The molecule has 2 aromatic rings. The molecule has 2 heterocycles. The highest BCUT2D eigenvalue weighted by Crippen LogP contribution is 2.33. The first-order valence-electron chi connectivity index (χ1n) is 8.61. The van der Waals surface area contributed by atoms with Crippen LogP contribution in [0, 0.1) is 6.92 Å². The summed E-state index contributed by atoms with van der Waals surface area (Å²) in [5.74, 6) is 2.27. The maximum absolute atomic E-state index is 12.7. The van der Waals surface area contributed by atoms with Gasteiger partial charge in [-0.2, -0.15) is 0 Å². The topological polar surface area (TPSA) is 48.0 Å². The van der Waals surface area contributed by atoms with Gasteiger partial charge in [0.15, 0.2) is 11.5 Å². The minimum absolute atomic E-state index is 0.0343. The van der Waals surface area contributed by atoms with Crippen molar-refractivity contribution in [3.63, 3.8) is 0 Å². The van der Waals surface area contributed by atoms with E-state index in [1.807, 2.05) is 29.2 Å². The Balaban J connectivity index is 1.35. The lowest BCUT2D eigenvalue weighted by atomic mass is 10.1. The van der Waals surface area contributed by atoms with Crippen molar-refractivity contribution in [3.8, 4) is 17.2 Å². The molecule has 130 valence electrons. The van der Waals surface area contributed by atoms with Gasteiger partial charge in [0.05, 0.1) is 0 Å². The summed E-state index contributed by atoms with van der Waals surface area (Å²) in [6.45, 7) is 3.67. The molecule has 0 saturated carbocycles. The van der Waals surface area contributed by atoms with Crippen molar-refractivity contribution in [1.29, 1.82) is 0 Å². The maximum atomic E-state index is 12.7. The van der Waals surface area contributed by atoms with E-state index < -0.39 is 0 Å². The van der Waals surface area contributed by atoms with Crippen molar-refractivity contribution in [2.45, 2.75) is 25.9 Å². The zero-order valence-corrected chi connectivity index (χ0v) is 14.2. The molecule has 0 spiro atoms. The second-order valence-corrected chi connectivity index (χ2v) is 6.49. The smallest absolute Gasteiger partial charge is 0.253 e. The van der Waals surface area contributed by atoms with Crippen molar-refractivity contribution in [2.75, 3.05) is 19.9 Å². The Labute approximate surface area is 147 Å². The van der Waals surface area contributed by atoms with Crippen LogP contribution >= 0.6 is 0 Å². The molecule has 5 heteroatoms. The molecule has 2 aromatic carbocycles. The van der Waals surface area contributed by atoms with Gasteiger partial charge in [-0.25, -0.2) is 0 Å². The van der Waals surface area contributed by atoms with Gasteiger partial charge in [-0.15, -0.1) is 0 Å². The average molecular weight is 339 g/mol. The third kappa shape index (κ3) is 3.40. The molecule has 0 radical (unpaired) electrons. The highest BCUT2D eigenvalue weighted by Gasteiger charge is 2.26. The number of hydrogen-bond acceptors (Lipinski definition) is 4. The highest BCUT2D eigenvalue weighted by atomic mass is 16.7. The monoisotopic (exact) mass is 339 g/mol. The van der Waals surface area contributed by atoms with Crippen LogP contribution in [-0.4, -0.2) is 36.8 Å². The first-order chi connectivity index (χ1) is 12.2. The summed E-state index contributed by atoms with van der Waals surface area (Å²) in [6.07, 6.45) is 1.83. The number of likely N-dealkylation sites (tertiary alicyclic amines) is 1. The number of fused-ring (bicyclic) bond motifs is 1. The van der Waals surface area contributed by atoms with E-state index in [1.165, 1.54) is 5.56 Å². The lowest BCUT2D eigenvalue weighted by Crippen LogP contribution is -2.41. The van der Waals surface area contributed by atoms with Crippen molar-refractivity contribution in [1.82, 2.24) is 4.90 Å². The third-order valence-corrected chi connectivity index (χ3v) is 4.67. The third-order valence-electron chi connectivity index (χ3n) is 4.67. The second-order valence-electron chi connectivity index (χ2n) is 6.49. The van der Waals surface area contributed by atoms with E-state index in [-0.39, 0.29) is 18.8 Å². The Kier molecular flexibility index (Phi) is 4.22. The van der Waals surface area contributed by atoms with E-state index in [2.05, 4.69) is 6.92 Å². The predicted octanol–water partition coefficient (Wildman–Crippen LogP) is 3.41. The largest absolute Gasteiger partial charge is 0.490 e. The van der Waals surface area contributed by atoms with Crippen LogP contribution in [0.4, 0.5) is 0 Å². The quantitative estimate of drug-likeness (QED) is 0.860. The summed E-state index contributed by atoms with van der Waals surface area (Å²) < 4.78 is 16.7. The number of benzene rings is 2. The van der Waals surface area contributed by atoms with Crippen molar-refractivity contribution in [2.24, 2.45) is 0 Å². The summed E-state index contributed by atoms with van der Waals surface area (Å²) in [7, 11) is 0. The Morgan fingerprint density at radius 1 is 1.04 bits per heavy atom. The molecule has 0 aliphatic carbocycles. The molecule has 0 bridgehead atoms. The number of carbonyl (C=O) groups is 1. The summed E-state index contributed by atoms with van der Waals surface area (Å²) >= 11 is 0. The van der Waals surface area contributed by atoms with E-state index >= 15 is 0 Å². The van der Waals surface area contributed by atoms with Crippen LogP contribution < -0.4 is 14.2 Å². The number of amides is 1. The fourth-order valence-corrected chi connectivity index (χ4v) is 3.20. The lowest BCUT2D eigenvalue weighted by Gasteiger charge is -2.32. The fourth-order valence-electron chi connectivity index (χ4n) is 3.20.